The summed E-state index contributed by atoms with van der Waals surface area (Å²) in [5.41, 5.74) is 4.50. The van der Waals surface area contributed by atoms with E-state index >= 15 is 0 Å². The molecule has 1 amide bonds. The van der Waals surface area contributed by atoms with Crippen LogP contribution in [0.5, 0.6) is 0 Å². The number of rotatable bonds is 3. The Morgan fingerprint density at radius 1 is 1.50 bits per heavy atom. The Bertz CT molecular complexity index is 253. The largest absolute Gasteiger partial charge is 0.443 e. The lowest BCUT2D eigenvalue weighted by atomic mass is 9.73. The fraction of sp³-hybridized carbons (Fsp3) is 0.917. The molecule has 0 aromatic carbocycles. The maximum atomic E-state index is 10.8. The number of aliphatic hydroxyl groups excluding tert-OH is 1. The molecule has 3 N–H and O–H groups in total. The molecule has 0 radical (unpaired) electrons. The van der Waals surface area contributed by atoms with Gasteiger partial charge in [0.05, 0.1) is 6.10 Å². The van der Waals surface area contributed by atoms with Gasteiger partial charge in [-0.15, -0.1) is 0 Å². The highest BCUT2D eigenvalue weighted by Crippen LogP contribution is 2.37. The number of primary amides is 1. The summed E-state index contributed by atoms with van der Waals surface area (Å²) in [6, 6.07) is 0. The van der Waals surface area contributed by atoms with Crippen molar-refractivity contribution in [2.45, 2.75) is 58.2 Å². The first-order chi connectivity index (χ1) is 7.33. The van der Waals surface area contributed by atoms with Gasteiger partial charge in [0.15, 0.2) is 0 Å². The van der Waals surface area contributed by atoms with Crippen LogP contribution >= 0.6 is 0 Å². The smallest absolute Gasteiger partial charge is 0.405 e. The number of hydrogen-bond acceptors (Lipinski definition) is 3. The van der Waals surface area contributed by atoms with Gasteiger partial charge < -0.3 is 15.6 Å². The predicted molar refractivity (Wildman–Crippen MR) is 61.9 cm³/mol. The minimum Gasteiger partial charge on any atom is -0.443 e. The molecule has 16 heavy (non-hydrogen) atoms. The summed E-state index contributed by atoms with van der Waals surface area (Å²) in [5.74, 6) is 0.605. The molecule has 0 aromatic heterocycles. The first-order valence-corrected chi connectivity index (χ1v) is 5.99. The third-order valence-electron chi connectivity index (χ3n) is 3.85. The van der Waals surface area contributed by atoms with Gasteiger partial charge in [0.25, 0.3) is 0 Å². The fourth-order valence-electron chi connectivity index (χ4n) is 2.57. The minimum absolute atomic E-state index is 0.203. The molecule has 3 unspecified atom stereocenters. The van der Waals surface area contributed by atoms with Crippen LogP contribution < -0.4 is 5.73 Å². The average Bonchev–Trinajstić information content (AvgIpc) is 2.14. The van der Waals surface area contributed by atoms with Gasteiger partial charge in [-0.2, -0.15) is 0 Å². The second kappa shape index (κ2) is 5.04. The molecular formula is C12H23NO3. The van der Waals surface area contributed by atoms with Crippen LogP contribution in [0.15, 0.2) is 0 Å². The summed E-state index contributed by atoms with van der Waals surface area (Å²) in [6.45, 7) is 5.82. The number of ether oxygens (including phenoxy) is 1. The number of carbonyl (C=O) groups excluding carboxylic acids is 1. The summed E-state index contributed by atoms with van der Waals surface area (Å²) < 4.78 is 5.15. The van der Waals surface area contributed by atoms with Crippen molar-refractivity contribution >= 4 is 6.09 Å². The van der Waals surface area contributed by atoms with E-state index in [1.807, 2.05) is 13.8 Å². The molecule has 0 saturated heterocycles. The van der Waals surface area contributed by atoms with Crippen LogP contribution in [-0.2, 0) is 4.74 Å². The van der Waals surface area contributed by atoms with E-state index in [2.05, 4.69) is 6.92 Å². The van der Waals surface area contributed by atoms with Crippen LogP contribution in [0.25, 0.3) is 0 Å². The van der Waals surface area contributed by atoms with Crippen LogP contribution in [0.2, 0.25) is 0 Å². The Balaban J connectivity index is 2.60. The molecule has 0 heterocycles. The van der Waals surface area contributed by atoms with E-state index in [1.165, 1.54) is 0 Å². The van der Waals surface area contributed by atoms with Crippen molar-refractivity contribution in [3.63, 3.8) is 0 Å². The van der Waals surface area contributed by atoms with E-state index in [1.54, 1.807) is 0 Å². The van der Waals surface area contributed by atoms with Gasteiger partial charge in [0, 0.05) is 0 Å². The summed E-state index contributed by atoms with van der Waals surface area (Å²) in [5, 5.41) is 9.64. The molecule has 4 nitrogen and oxygen atoms in total. The topological polar surface area (TPSA) is 72.6 Å². The van der Waals surface area contributed by atoms with Gasteiger partial charge in [0.1, 0.15) is 5.60 Å². The molecule has 4 heteroatoms. The number of aliphatic hydroxyl groups is 1. The van der Waals surface area contributed by atoms with Gasteiger partial charge in [-0.1, -0.05) is 13.3 Å². The van der Waals surface area contributed by atoms with Gasteiger partial charge in [-0.3, -0.25) is 0 Å². The van der Waals surface area contributed by atoms with Crippen LogP contribution in [-0.4, -0.2) is 22.9 Å². The molecule has 1 aliphatic carbocycles. The second-order valence-electron chi connectivity index (χ2n) is 5.39. The lowest BCUT2D eigenvalue weighted by Crippen LogP contribution is -2.42. The van der Waals surface area contributed by atoms with Crippen LogP contribution in [0.3, 0.4) is 0 Å². The monoisotopic (exact) mass is 229 g/mol. The Kier molecular flexibility index (Phi) is 4.19. The summed E-state index contributed by atoms with van der Waals surface area (Å²) in [7, 11) is 0. The van der Waals surface area contributed by atoms with Gasteiger partial charge >= 0.3 is 6.09 Å². The first-order valence-electron chi connectivity index (χ1n) is 5.99. The molecule has 94 valence electrons. The molecule has 0 aromatic rings. The normalized spacial score (nSPS) is 28.5. The molecule has 1 aliphatic rings. The Labute approximate surface area is 97.2 Å². The van der Waals surface area contributed by atoms with Crippen molar-refractivity contribution in [2.24, 2.45) is 17.6 Å². The van der Waals surface area contributed by atoms with Gasteiger partial charge in [0.2, 0.25) is 0 Å². The molecular weight excluding hydrogens is 206 g/mol. The lowest BCUT2D eigenvalue weighted by Gasteiger charge is -2.39. The van der Waals surface area contributed by atoms with Crippen molar-refractivity contribution in [3.8, 4) is 0 Å². The molecule has 0 bridgehead atoms. The predicted octanol–water partition coefficient (Wildman–Crippen LogP) is 2.05. The highest BCUT2D eigenvalue weighted by molar-refractivity contribution is 5.65. The van der Waals surface area contributed by atoms with Crippen molar-refractivity contribution < 1.29 is 14.6 Å². The molecule has 1 fully saturated rings. The van der Waals surface area contributed by atoms with Crippen molar-refractivity contribution in [3.05, 3.63) is 0 Å². The highest BCUT2D eigenvalue weighted by atomic mass is 16.6. The zero-order valence-corrected chi connectivity index (χ0v) is 10.4. The van der Waals surface area contributed by atoms with Crippen molar-refractivity contribution in [1.82, 2.24) is 0 Å². The first kappa shape index (κ1) is 13.3. The number of hydrogen-bond donors (Lipinski definition) is 2. The number of amides is 1. The molecule has 1 rings (SSSR count). The lowest BCUT2D eigenvalue weighted by molar-refractivity contribution is -0.0345. The van der Waals surface area contributed by atoms with E-state index in [-0.39, 0.29) is 12.0 Å². The standard InChI is InChI=1S/C12H23NO3/c1-8(12(2,3)16-11(13)15)9-5-4-6-10(14)7-9/h8-10,14H,4-7H2,1-3H3,(H2,13,15). The SMILES string of the molecule is CC(C1CCCC(O)C1)C(C)(C)OC(N)=O. The molecule has 0 spiro atoms. The summed E-state index contributed by atoms with van der Waals surface area (Å²) in [4.78, 5) is 10.8. The van der Waals surface area contributed by atoms with Crippen LogP contribution in [0, 0.1) is 11.8 Å². The quantitative estimate of drug-likeness (QED) is 0.778. The second-order valence-corrected chi connectivity index (χ2v) is 5.39. The van der Waals surface area contributed by atoms with Gasteiger partial charge in [-0.05, 0) is 44.9 Å². The molecule has 1 saturated carbocycles. The van der Waals surface area contributed by atoms with Crippen LogP contribution in [0.4, 0.5) is 4.79 Å². The third-order valence-corrected chi connectivity index (χ3v) is 3.85. The van der Waals surface area contributed by atoms with E-state index in [9.17, 15) is 9.90 Å². The minimum atomic E-state index is -0.729. The zero-order valence-electron chi connectivity index (χ0n) is 10.4. The molecule has 3 atom stereocenters. The summed E-state index contributed by atoms with van der Waals surface area (Å²) >= 11 is 0. The van der Waals surface area contributed by atoms with Gasteiger partial charge in [-0.25, -0.2) is 4.79 Å². The Hall–Kier alpha value is -0.770. The average molecular weight is 229 g/mol. The molecule has 0 aliphatic heterocycles. The Morgan fingerprint density at radius 3 is 2.62 bits per heavy atom. The maximum absolute atomic E-state index is 10.8. The maximum Gasteiger partial charge on any atom is 0.405 e. The number of nitrogens with two attached hydrogens (primary N) is 1. The fourth-order valence-corrected chi connectivity index (χ4v) is 2.57. The zero-order chi connectivity index (χ0) is 12.3. The van der Waals surface area contributed by atoms with E-state index < -0.39 is 11.7 Å². The highest BCUT2D eigenvalue weighted by Gasteiger charge is 2.37. The van der Waals surface area contributed by atoms with E-state index in [0.717, 1.165) is 25.7 Å². The van der Waals surface area contributed by atoms with Crippen molar-refractivity contribution in [1.29, 1.82) is 0 Å². The summed E-state index contributed by atoms with van der Waals surface area (Å²) in [6.07, 6.45) is 2.89. The third kappa shape index (κ3) is 3.37. The number of carbonyl (C=O) groups is 1. The van der Waals surface area contributed by atoms with Crippen molar-refractivity contribution in [2.75, 3.05) is 0 Å². The van der Waals surface area contributed by atoms with E-state index in [0.29, 0.717) is 5.92 Å². The van der Waals surface area contributed by atoms with E-state index in [4.69, 9.17) is 10.5 Å². The van der Waals surface area contributed by atoms with Crippen LogP contribution in [0.1, 0.15) is 46.5 Å². The Morgan fingerprint density at radius 2 is 2.12 bits per heavy atom.